The van der Waals surface area contributed by atoms with Crippen LogP contribution in [0.4, 0.5) is 0 Å². The van der Waals surface area contributed by atoms with E-state index >= 15 is 0 Å². The lowest BCUT2D eigenvalue weighted by atomic mass is 10.2. The minimum atomic E-state index is -0.275. The Morgan fingerprint density at radius 1 is 1.30 bits per heavy atom. The molecule has 0 aliphatic heterocycles. The van der Waals surface area contributed by atoms with Crippen LogP contribution < -0.4 is 10.9 Å². The van der Waals surface area contributed by atoms with Gasteiger partial charge in [0, 0.05) is 18.0 Å². The first kappa shape index (κ1) is 20.4. The van der Waals surface area contributed by atoms with Crippen LogP contribution >= 0.6 is 23.1 Å². The number of hydrogen-bond donors (Lipinski definition) is 1. The van der Waals surface area contributed by atoms with Gasteiger partial charge in [0.05, 0.1) is 10.6 Å². The van der Waals surface area contributed by atoms with Gasteiger partial charge in [0.25, 0.3) is 5.56 Å². The maximum Gasteiger partial charge on any atom is 0.263 e. The van der Waals surface area contributed by atoms with Crippen LogP contribution in [-0.4, -0.2) is 27.3 Å². The van der Waals surface area contributed by atoms with Crippen molar-refractivity contribution >= 4 is 39.2 Å². The molecule has 0 bridgehead atoms. The molecule has 1 atom stereocenters. The molecule has 1 amide bonds. The van der Waals surface area contributed by atoms with E-state index in [1.165, 1.54) is 35.0 Å². The molecule has 2 heterocycles. The first-order valence-corrected chi connectivity index (χ1v) is 11.8. The lowest BCUT2D eigenvalue weighted by Crippen LogP contribution is -2.31. The van der Waals surface area contributed by atoms with E-state index in [1.54, 1.807) is 11.3 Å². The molecule has 1 N–H and O–H groups in total. The molecule has 0 unspecified atom stereocenters. The van der Waals surface area contributed by atoms with Crippen molar-refractivity contribution in [3.8, 4) is 0 Å². The Morgan fingerprint density at radius 2 is 2.11 bits per heavy atom. The molecule has 0 fully saturated rings. The van der Waals surface area contributed by atoms with Gasteiger partial charge in [0.2, 0.25) is 5.91 Å². The lowest BCUT2D eigenvalue weighted by Gasteiger charge is -2.15. The maximum atomic E-state index is 13.3. The minimum absolute atomic E-state index is 0.0111. The van der Waals surface area contributed by atoms with Gasteiger partial charge in [0.15, 0.2) is 5.16 Å². The number of nitrogens with zero attached hydrogens (tertiary/aromatic N) is 2. The van der Waals surface area contributed by atoms with Crippen molar-refractivity contribution in [1.29, 1.82) is 0 Å². The van der Waals surface area contributed by atoms with Crippen LogP contribution in [-0.2, 0) is 24.2 Å². The average Bonchev–Trinajstić information content (AvgIpc) is 3.21. The molecular weight excluding hydrogens is 378 g/mol. The number of amides is 1. The summed E-state index contributed by atoms with van der Waals surface area (Å²) in [4.78, 5) is 32.5. The van der Waals surface area contributed by atoms with Crippen LogP contribution in [0.3, 0.4) is 0 Å². The van der Waals surface area contributed by atoms with Crippen molar-refractivity contribution < 1.29 is 4.79 Å². The summed E-state index contributed by atoms with van der Waals surface area (Å²) in [7, 11) is 0. The molecule has 5 nitrogen and oxygen atoms in total. The van der Waals surface area contributed by atoms with Gasteiger partial charge in [-0.1, -0.05) is 37.9 Å². The predicted molar refractivity (Wildman–Crippen MR) is 114 cm³/mol. The van der Waals surface area contributed by atoms with Gasteiger partial charge < -0.3 is 5.32 Å². The Hall–Kier alpha value is -1.34. The second-order valence-corrected chi connectivity index (χ2v) is 9.50. The van der Waals surface area contributed by atoms with Gasteiger partial charge in [-0.15, -0.1) is 11.3 Å². The zero-order chi connectivity index (χ0) is 19.4. The minimum Gasteiger partial charge on any atom is -0.355 e. The highest BCUT2D eigenvalue weighted by atomic mass is 32.2. The quantitative estimate of drug-likeness (QED) is 0.385. The second-order valence-electron chi connectivity index (χ2n) is 7.10. The molecule has 1 aliphatic carbocycles. The van der Waals surface area contributed by atoms with E-state index in [4.69, 9.17) is 4.98 Å². The topological polar surface area (TPSA) is 64.0 Å². The second kappa shape index (κ2) is 9.24. The van der Waals surface area contributed by atoms with Gasteiger partial charge in [-0.3, -0.25) is 14.2 Å². The van der Waals surface area contributed by atoms with E-state index in [1.807, 2.05) is 18.4 Å². The van der Waals surface area contributed by atoms with Gasteiger partial charge in [-0.05, 0) is 45.1 Å². The Morgan fingerprint density at radius 3 is 2.85 bits per heavy atom. The summed E-state index contributed by atoms with van der Waals surface area (Å²) in [5.41, 5.74) is 1.31. The maximum absolute atomic E-state index is 13.3. The van der Waals surface area contributed by atoms with E-state index in [0.717, 1.165) is 42.3 Å². The van der Waals surface area contributed by atoms with E-state index in [-0.39, 0.29) is 16.7 Å². The molecule has 1 aliphatic rings. The van der Waals surface area contributed by atoms with E-state index in [9.17, 15) is 9.59 Å². The molecule has 7 heteroatoms. The number of thiophene rings is 1. The fourth-order valence-corrected chi connectivity index (χ4v) is 5.83. The van der Waals surface area contributed by atoms with Crippen LogP contribution in [0.1, 0.15) is 63.3 Å². The van der Waals surface area contributed by atoms with Crippen LogP contribution in [0.5, 0.6) is 0 Å². The standard InChI is InChI=1S/C20H29N3O2S2/c1-4-6-7-8-12-23-19(25)16-14-10-9-11-15(14)27-18(16)22-20(23)26-13(3)17(24)21-5-2/h13H,4-12H2,1-3H3,(H,21,24)/t13-/m1/s1. The average molecular weight is 408 g/mol. The van der Waals surface area contributed by atoms with Gasteiger partial charge >= 0.3 is 0 Å². The van der Waals surface area contributed by atoms with Crippen LogP contribution in [0.25, 0.3) is 10.2 Å². The normalized spacial score (nSPS) is 14.5. The number of hydrogen-bond acceptors (Lipinski definition) is 5. The highest BCUT2D eigenvalue weighted by Gasteiger charge is 2.24. The van der Waals surface area contributed by atoms with Crippen molar-refractivity contribution in [2.45, 2.75) is 82.7 Å². The molecule has 148 valence electrons. The molecule has 27 heavy (non-hydrogen) atoms. The number of carbonyl (C=O) groups is 1. The summed E-state index contributed by atoms with van der Waals surface area (Å²) in [6.07, 6.45) is 7.61. The Labute approximate surface area is 169 Å². The molecule has 0 aromatic carbocycles. The molecule has 0 spiro atoms. The van der Waals surface area contributed by atoms with Crippen molar-refractivity contribution in [3.05, 3.63) is 20.8 Å². The number of fused-ring (bicyclic) bond motifs is 3. The first-order chi connectivity index (χ1) is 13.1. The number of aromatic nitrogens is 2. The molecule has 3 rings (SSSR count). The van der Waals surface area contributed by atoms with Crippen LogP contribution in [0.2, 0.25) is 0 Å². The molecule has 0 radical (unpaired) electrons. The lowest BCUT2D eigenvalue weighted by molar-refractivity contribution is -0.120. The molecular formula is C20H29N3O2S2. The van der Waals surface area contributed by atoms with Gasteiger partial charge in [0.1, 0.15) is 4.83 Å². The number of rotatable bonds is 9. The molecule has 2 aromatic rings. The van der Waals surface area contributed by atoms with Gasteiger partial charge in [-0.2, -0.15) is 0 Å². The number of carbonyl (C=O) groups excluding carboxylic acids is 1. The summed E-state index contributed by atoms with van der Waals surface area (Å²) in [6, 6.07) is 0. The summed E-state index contributed by atoms with van der Waals surface area (Å²) in [5, 5.41) is 4.10. The molecule has 0 saturated heterocycles. The fourth-order valence-electron chi connectivity index (χ4n) is 3.57. The summed E-state index contributed by atoms with van der Waals surface area (Å²) in [5.74, 6) is -0.0111. The Kier molecular flexibility index (Phi) is 6.98. The first-order valence-electron chi connectivity index (χ1n) is 10.1. The van der Waals surface area contributed by atoms with E-state index in [0.29, 0.717) is 18.2 Å². The SMILES string of the molecule is CCCCCCn1c(S[C@H](C)C(=O)NCC)nc2sc3c(c2c1=O)CCC3. The molecule has 2 aromatic heterocycles. The third kappa shape index (κ3) is 4.40. The van der Waals surface area contributed by atoms with Crippen molar-refractivity contribution in [1.82, 2.24) is 14.9 Å². The van der Waals surface area contributed by atoms with Crippen LogP contribution in [0.15, 0.2) is 9.95 Å². The summed E-state index contributed by atoms with van der Waals surface area (Å²) in [6.45, 7) is 7.26. The number of nitrogens with one attached hydrogen (secondary N) is 1. The number of unbranched alkanes of at least 4 members (excludes halogenated alkanes) is 3. The van der Waals surface area contributed by atoms with E-state index in [2.05, 4.69) is 12.2 Å². The Bertz CT molecular complexity index is 872. The number of aryl methyl sites for hydroxylation is 2. The van der Waals surface area contributed by atoms with Crippen molar-refractivity contribution in [3.63, 3.8) is 0 Å². The fraction of sp³-hybridized carbons (Fsp3) is 0.650. The van der Waals surface area contributed by atoms with E-state index < -0.39 is 0 Å². The number of thioether (sulfide) groups is 1. The van der Waals surface area contributed by atoms with Crippen LogP contribution in [0, 0.1) is 0 Å². The zero-order valence-corrected chi connectivity index (χ0v) is 18.1. The third-order valence-corrected chi connectivity index (χ3v) is 7.30. The summed E-state index contributed by atoms with van der Waals surface area (Å²) >= 11 is 3.06. The third-order valence-electron chi connectivity index (χ3n) is 5.03. The van der Waals surface area contributed by atoms with Gasteiger partial charge in [-0.25, -0.2) is 4.98 Å². The smallest absolute Gasteiger partial charge is 0.263 e. The highest BCUT2D eigenvalue weighted by Crippen LogP contribution is 2.36. The Balaban J connectivity index is 1.96. The van der Waals surface area contributed by atoms with Crippen molar-refractivity contribution in [2.24, 2.45) is 0 Å². The van der Waals surface area contributed by atoms with Crippen molar-refractivity contribution in [2.75, 3.05) is 6.54 Å². The monoisotopic (exact) mass is 407 g/mol. The highest BCUT2D eigenvalue weighted by molar-refractivity contribution is 8.00. The predicted octanol–water partition coefficient (Wildman–Crippen LogP) is 4.14. The summed E-state index contributed by atoms with van der Waals surface area (Å²) < 4.78 is 1.82. The zero-order valence-electron chi connectivity index (χ0n) is 16.5. The largest absolute Gasteiger partial charge is 0.355 e. The molecule has 0 saturated carbocycles.